The molecular weight excluding hydrogens is 434 g/mol. The number of aromatic nitrogens is 4. The largest absolute Gasteiger partial charge is 0.423 e. The number of nitrogens with zero attached hydrogens (tertiary/aromatic N) is 6. The standard InChI is InChI=1S/C24H35N7O3/c1-4-31-13-17(12-25-31)23(33)29-9-7-24(8-10-29)11-19(22-28-27-21(34-22)16(2)3)30(15-24)14-20(32)26-18-5-6-18/h12-13,16,18-19H,4-11,14-15H2,1-3H3,(H,26,32). The van der Waals surface area contributed by atoms with Crippen LogP contribution in [0, 0.1) is 5.41 Å². The monoisotopic (exact) mass is 469 g/mol. The number of carbonyl (C=O) groups excluding carboxylic acids is 2. The van der Waals surface area contributed by atoms with Gasteiger partial charge in [0.25, 0.3) is 5.91 Å². The van der Waals surface area contributed by atoms with Gasteiger partial charge in [-0.15, -0.1) is 10.2 Å². The first-order valence-electron chi connectivity index (χ1n) is 12.5. The van der Waals surface area contributed by atoms with E-state index in [-0.39, 0.29) is 29.2 Å². The molecule has 1 atom stereocenters. The fourth-order valence-corrected chi connectivity index (χ4v) is 5.23. The van der Waals surface area contributed by atoms with Crippen LogP contribution in [0.25, 0.3) is 0 Å². The molecule has 1 spiro atoms. The van der Waals surface area contributed by atoms with Gasteiger partial charge in [-0.3, -0.25) is 19.2 Å². The summed E-state index contributed by atoms with van der Waals surface area (Å²) in [7, 11) is 0. The van der Waals surface area contributed by atoms with E-state index in [2.05, 4.69) is 25.5 Å². The number of hydrogen-bond acceptors (Lipinski definition) is 7. The third kappa shape index (κ3) is 4.73. The Kier molecular flexibility index (Phi) is 6.18. The van der Waals surface area contributed by atoms with Crippen LogP contribution in [-0.2, 0) is 11.3 Å². The van der Waals surface area contributed by atoms with Crippen molar-refractivity contribution in [3.63, 3.8) is 0 Å². The molecule has 1 unspecified atom stereocenters. The Morgan fingerprint density at radius 2 is 2.00 bits per heavy atom. The van der Waals surface area contributed by atoms with Gasteiger partial charge < -0.3 is 14.6 Å². The number of likely N-dealkylation sites (tertiary alicyclic amines) is 2. The van der Waals surface area contributed by atoms with Crippen molar-refractivity contribution in [1.82, 2.24) is 35.1 Å². The maximum absolute atomic E-state index is 13.0. The minimum atomic E-state index is -0.0741. The van der Waals surface area contributed by atoms with Crippen LogP contribution in [0.4, 0.5) is 0 Å². The molecule has 0 bridgehead atoms. The second-order valence-electron chi connectivity index (χ2n) is 10.5. The molecule has 2 aromatic rings. The minimum absolute atomic E-state index is 0.0291. The molecular formula is C24H35N7O3. The average Bonchev–Trinajstić information content (AvgIpc) is 3.21. The molecule has 2 aromatic heterocycles. The number of nitrogens with one attached hydrogen (secondary N) is 1. The van der Waals surface area contributed by atoms with Gasteiger partial charge in [0.05, 0.1) is 24.3 Å². The minimum Gasteiger partial charge on any atom is -0.423 e. The number of aryl methyl sites for hydroxylation is 1. The van der Waals surface area contributed by atoms with Gasteiger partial charge in [-0.2, -0.15) is 5.10 Å². The lowest BCUT2D eigenvalue weighted by Gasteiger charge is -2.39. The Hall–Kier alpha value is -2.75. The van der Waals surface area contributed by atoms with E-state index in [0.29, 0.717) is 43.0 Å². The van der Waals surface area contributed by atoms with E-state index in [9.17, 15) is 9.59 Å². The number of hydrogen-bond donors (Lipinski definition) is 1. The van der Waals surface area contributed by atoms with Gasteiger partial charge in [0.15, 0.2) is 0 Å². The Balaban J connectivity index is 1.28. The number of piperidine rings is 1. The predicted molar refractivity (Wildman–Crippen MR) is 124 cm³/mol. The van der Waals surface area contributed by atoms with Gasteiger partial charge in [-0.25, -0.2) is 0 Å². The molecule has 184 valence electrons. The van der Waals surface area contributed by atoms with Crippen LogP contribution in [0.3, 0.4) is 0 Å². The lowest BCUT2D eigenvalue weighted by molar-refractivity contribution is -0.122. The molecule has 10 heteroatoms. The number of carbonyl (C=O) groups is 2. The van der Waals surface area contributed by atoms with Crippen LogP contribution in [0.5, 0.6) is 0 Å². The van der Waals surface area contributed by atoms with E-state index >= 15 is 0 Å². The molecule has 2 amide bonds. The summed E-state index contributed by atoms with van der Waals surface area (Å²) in [6.45, 7) is 9.35. The van der Waals surface area contributed by atoms with Crippen molar-refractivity contribution in [3.8, 4) is 0 Å². The van der Waals surface area contributed by atoms with Gasteiger partial charge in [0, 0.05) is 44.3 Å². The molecule has 3 fully saturated rings. The fraction of sp³-hybridized carbons (Fsp3) is 0.708. The highest BCUT2D eigenvalue weighted by molar-refractivity contribution is 5.93. The summed E-state index contributed by atoms with van der Waals surface area (Å²) in [5, 5.41) is 15.9. The summed E-state index contributed by atoms with van der Waals surface area (Å²) in [6, 6.07) is 0.264. The second-order valence-corrected chi connectivity index (χ2v) is 10.5. The lowest BCUT2D eigenvalue weighted by Crippen LogP contribution is -2.45. The van der Waals surface area contributed by atoms with E-state index in [1.807, 2.05) is 31.9 Å². The molecule has 3 aliphatic rings. The van der Waals surface area contributed by atoms with Gasteiger partial charge in [0.2, 0.25) is 17.7 Å². The highest BCUT2D eigenvalue weighted by atomic mass is 16.4. The van der Waals surface area contributed by atoms with Crippen molar-refractivity contribution in [1.29, 1.82) is 0 Å². The van der Waals surface area contributed by atoms with E-state index in [4.69, 9.17) is 4.42 Å². The molecule has 1 saturated carbocycles. The number of amides is 2. The van der Waals surface area contributed by atoms with Crippen LogP contribution < -0.4 is 5.32 Å². The molecule has 5 rings (SSSR count). The maximum atomic E-state index is 13.0. The molecule has 0 radical (unpaired) electrons. The van der Waals surface area contributed by atoms with Gasteiger partial charge in [0.1, 0.15) is 0 Å². The lowest BCUT2D eigenvalue weighted by atomic mass is 9.76. The molecule has 34 heavy (non-hydrogen) atoms. The summed E-state index contributed by atoms with van der Waals surface area (Å²) in [5.74, 6) is 1.50. The zero-order valence-electron chi connectivity index (χ0n) is 20.4. The summed E-state index contributed by atoms with van der Waals surface area (Å²) in [4.78, 5) is 29.8. The smallest absolute Gasteiger partial charge is 0.257 e. The highest BCUT2D eigenvalue weighted by Gasteiger charge is 2.49. The zero-order valence-corrected chi connectivity index (χ0v) is 20.4. The fourth-order valence-electron chi connectivity index (χ4n) is 5.23. The first-order chi connectivity index (χ1) is 16.4. The molecule has 2 saturated heterocycles. The highest BCUT2D eigenvalue weighted by Crippen LogP contribution is 2.48. The van der Waals surface area contributed by atoms with E-state index in [1.54, 1.807) is 10.9 Å². The zero-order chi connectivity index (χ0) is 23.9. The Bertz CT molecular complexity index is 1030. The summed E-state index contributed by atoms with van der Waals surface area (Å²) < 4.78 is 7.81. The quantitative estimate of drug-likeness (QED) is 0.663. The third-order valence-corrected chi connectivity index (χ3v) is 7.45. The maximum Gasteiger partial charge on any atom is 0.257 e. The van der Waals surface area contributed by atoms with Crippen molar-refractivity contribution in [2.45, 2.75) is 77.4 Å². The second kappa shape index (κ2) is 9.13. The molecule has 2 aliphatic heterocycles. The van der Waals surface area contributed by atoms with Gasteiger partial charge in [-0.1, -0.05) is 13.8 Å². The molecule has 4 heterocycles. The van der Waals surface area contributed by atoms with Crippen LogP contribution in [0.15, 0.2) is 16.8 Å². The Morgan fingerprint density at radius 1 is 1.24 bits per heavy atom. The predicted octanol–water partition coefficient (Wildman–Crippen LogP) is 2.36. The van der Waals surface area contributed by atoms with Crippen LogP contribution in [0.1, 0.15) is 87.0 Å². The van der Waals surface area contributed by atoms with Gasteiger partial charge in [-0.05, 0) is 44.4 Å². The Labute approximate surface area is 200 Å². The van der Waals surface area contributed by atoms with Crippen molar-refractivity contribution in [2.24, 2.45) is 5.41 Å². The normalized spacial score (nSPS) is 22.6. The van der Waals surface area contributed by atoms with E-state index in [1.165, 1.54) is 0 Å². The topological polar surface area (TPSA) is 109 Å². The first kappa shape index (κ1) is 23.0. The summed E-state index contributed by atoms with van der Waals surface area (Å²) in [6.07, 6.45) is 8.26. The average molecular weight is 470 g/mol. The van der Waals surface area contributed by atoms with Crippen LogP contribution in [-0.4, -0.2) is 73.8 Å². The summed E-state index contributed by atoms with van der Waals surface area (Å²) in [5.41, 5.74) is 0.675. The van der Waals surface area contributed by atoms with Gasteiger partial charge >= 0.3 is 0 Å². The van der Waals surface area contributed by atoms with Crippen molar-refractivity contribution in [3.05, 3.63) is 29.7 Å². The van der Waals surface area contributed by atoms with E-state index < -0.39 is 0 Å². The Morgan fingerprint density at radius 3 is 2.62 bits per heavy atom. The van der Waals surface area contributed by atoms with Crippen molar-refractivity contribution in [2.75, 3.05) is 26.2 Å². The van der Waals surface area contributed by atoms with Crippen LogP contribution >= 0.6 is 0 Å². The van der Waals surface area contributed by atoms with Crippen molar-refractivity contribution < 1.29 is 14.0 Å². The summed E-state index contributed by atoms with van der Waals surface area (Å²) >= 11 is 0. The SMILES string of the molecule is CCn1cc(C(=O)N2CCC3(CC2)CC(c2nnc(C(C)C)o2)N(CC(=O)NC2CC2)C3)cn1. The molecule has 1 aliphatic carbocycles. The van der Waals surface area contributed by atoms with Crippen LogP contribution in [0.2, 0.25) is 0 Å². The van der Waals surface area contributed by atoms with Crippen molar-refractivity contribution >= 4 is 11.8 Å². The molecule has 1 N–H and O–H groups in total. The number of rotatable bonds is 7. The van der Waals surface area contributed by atoms with E-state index in [0.717, 1.165) is 45.2 Å². The third-order valence-electron chi connectivity index (χ3n) is 7.45. The molecule has 0 aromatic carbocycles. The first-order valence-corrected chi connectivity index (χ1v) is 12.5. The molecule has 10 nitrogen and oxygen atoms in total.